The van der Waals surface area contributed by atoms with Gasteiger partial charge in [-0.1, -0.05) is 67.5 Å². The number of carbonyl (C=O) groups excluding carboxylic acids is 1. The van der Waals surface area contributed by atoms with E-state index in [-0.39, 0.29) is 17.5 Å². The molecule has 0 amide bonds. The second-order valence-corrected chi connectivity index (χ2v) is 16.3. The summed E-state index contributed by atoms with van der Waals surface area (Å²) in [5.41, 5.74) is 3.31. The number of fused-ring (bicyclic) bond motifs is 7. The molecule has 0 saturated heterocycles. The van der Waals surface area contributed by atoms with E-state index in [0.29, 0.717) is 39.9 Å². The molecule has 204 valence electrons. The highest BCUT2D eigenvalue weighted by atomic mass is 16.5. The van der Waals surface area contributed by atoms with Gasteiger partial charge in [-0.3, -0.25) is 4.79 Å². The molecule has 5 rings (SSSR count). The minimum atomic E-state index is 0.0136. The Labute approximate surface area is 222 Å². The maximum absolute atomic E-state index is 12.7. The van der Waals surface area contributed by atoms with Crippen LogP contribution in [-0.2, 0) is 9.53 Å². The molecule has 0 bridgehead atoms. The summed E-state index contributed by atoms with van der Waals surface area (Å²) in [7, 11) is 0. The molecule has 0 aromatic carbocycles. The van der Waals surface area contributed by atoms with Crippen molar-refractivity contribution in [2.24, 2.45) is 56.7 Å². The Hall–Kier alpha value is -0.790. The SMILES string of the molecule is C=C1CCC2(C)CCC3(C)C(CCC4C5(C)CCC(OC(=O)CC(C)C)C(C)(C)C5CCC43C)C2C1. The largest absolute Gasteiger partial charge is 0.462 e. The van der Waals surface area contributed by atoms with E-state index in [9.17, 15) is 4.79 Å². The van der Waals surface area contributed by atoms with Crippen LogP contribution in [0.25, 0.3) is 0 Å². The second kappa shape index (κ2) is 8.61. The standard InChI is InChI=1S/C34H56O2/c1-22(2)20-29(35)36-28-14-16-32(7)26(30(28,4)5)13-17-34(9)27(32)11-10-24-25-21-23(3)12-15-31(25,6)18-19-33(24,34)8/h22,24-28H,3,10-21H2,1-2,4-9H3. The average Bonchev–Trinajstić information content (AvgIpc) is 2.77. The lowest BCUT2D eigenvalue weighted by atomic mass is 9.32. The summed E-state index contributed by atoms with van der Waals surface area (Å²) >= 11 is 0. The summed E-state index contributed by atoms with van der Waals surface area (Å²) < 4.78 is 6.21. The first kappa shape index (κ1) is 26.8. The third-order valence-electron chi connectivity index (χ3n) is 13.9. The summed E-state index contributed by atoms with van der Waals surface area (Å²) in [6.07, 6.45) is 15.1. The Balaban J connectivity index is 1.42. The molecule has 0 aromatic rings. The predicted octanol–water partition coefficient (Wildman–Crippen LogP) is 9.38. The number of allylic oxidation sites excluding steroid dienone is 1. The molecule has 0 aliphatic heterocycles. The zero-order chi connectivity index (χ0) is 26.3. The van der Waals surface area contributed by atoms with Gasteiger partial charge < -0.3 is 4.74 Å². The molecule has 5 fully saturated rings. The summed E-state index contributed by atoms with van der Waals surface area (Å²) in [5.74, 6) is 3.49. The number of hydrogen-bond acceptors (Lipinski definition) is 2. The van der Waals surface area contributed by atoms with Crippen molar-refractivity contribution in [2.75, 3.05) is 0 Å². The number of carbonyl (C=O) groups is 1. The average molecular weight is 497 g/mol. The van der Waals surface area contributed by atoms with E-state index >= 15 is 0 Å². The van der Waals surface area contributed by atoms with Crippen LogP contribution in [0, 0.1) is 56.7 Å². The van der Waals surface area contributed by atoms with E-state index in [1.807, 2.05) is 0 Å². The van der Waals surface area contributed by atoms with E-state index in [0.717, 1.165) is 24.2 Å². The van der Waals surface area contributed by atoms with Gasteiger partial charge in [-0.15, -0.1) is 0 Å². The molecule has 0 N–H and O–H groups in total. The summed E-state index contributed by atoms with van der Waals surface area (Å²) in [5, 5.41) is 0. The van der Waals surface area contributed by atoms with Crippen LogP contribution in [0.1, 0.15) is 132 Å². The third-order valence-corrected chi connectivity index (χ3v) is 13.9. The number of rotatable bonds is 3. The molecule has 5 saturated carbocycles. The van der Waals surface area contributed by atoms with Gasteiger partial charge in [0.1, 0.15) is 6.10 Å². The zero-order valence-electron chi connectivity index (χ0n) is 25.0. The van der Waals surface area contributed by atoms with E-state index in [4.69, 9.17) is 4.74 Å². The topological polar surface area (TPSA) is 26.3 Å². The summed E-state index contributed by atoms with van der Waals surface area (Å²) in [6.45, 7) is 24.3. The van der Waals surface area contributed by atoms with Crippen molar-refractivity contribution in [3.8, 4) is 0 Å². The van der Waals surface area contributed by atoms with Crippen molar-refractivity contribution in [3.05, 3.63) is 12.2 Å². The monoisotopic (exact) mass is 496 g/mol. The van der Waals surface area contributed by atoms with Gasteiger partial charge in [-0.05, 0) is 122 Å². The van der Waals surface area contributed by atoms with Gasteiger partial charge in [-0.25, -0.2) is 0 Å². The Morgan fingerprint density at radius 3 is 2.28 bits per heavy atom. The molecular formula is C34H56O2. The first-order valence-corrected chi connectivity index (χ1v) is 15.5. The van der Waals surface area contributed by atoms with Gasteiger partial charge in [0.2, 0.25) is 0 Å². The summed E-state index contributed by atoms with van der Waals surface area (Å²) in [6, 6.07) is 0. The molecule has 9 atom stereocenters. The van der Waals surface area contributed by atoms with Gasteiger partial charge in [-0.2, -0.15) is 0 Å². The van der Waals surface area contributed by atoms with Crippen molar-refractivity contribution in [2.45, 2.75) is 139 Å². The third kappa shape index (κ3) is 3.72. The molecule has 0 spiro atoms. The van der Waals surface area contributed by atoms with Crippen molar-refractivity contribution >= 4 is 5.97 Å². The molecule has 5 aliphatic rings. The van der Waals surface area contributed by atoms with E-state index in [1.165, 1.54) is 69.8 Å². The van der Waals surface area contributed by atoms with Gasteiger partial charge in [0, 0.05) is 11.8 Å². The van der Waals surface area contributed by atoms with Crippen molar-refractivity contribution in [3.63, 3.8) is 0 Å². The minimum Gasteiger partial charge on any atom is -0.462 e. The number of esters is 1. The van der Waals surface area contributed by atoms with E-state index in [2.05, 4.69) is 62.0 Å². The Morgan fingerprint density at radius 1 is 0.861 bits per heavy atom. The van der Waals surface area contributed by atoms with E-state index in [1.54, 1.807) is 0 Å². The van der Waals surface area contributed by atoms with Crippen molar-refractivity contribution in [1.29, 1.82) is 0 Å². The molecule has 9 unspecified atom stereocenters. The smallest absolute Gasteiger partial charge is 0.306 e. The first-order chi connectivity index (χ1) is 16.7. The fourth-order valence-corrected chi connectivity index (χ4v) is 11.6. The fourth-order valence-electron chi connectivity index (χ4n) is 11.6. The molecule has 2 heteroatoms. The van der Waals surface area contributed by atoms with E-state index < -0.39 is 0 Å². The highest BCUT2D eigenvalue weighted by Crippen LogP contribution is 2.76. The second-order valence-electron chi connectivity index (χ2n) is 16.3. The van der Waals surface area contributed by atoms with Crippen LogP contribution < -0.4 is 0 Å². The van der Waals surface area contributed by atoms with Crippen LogP contribution >= 0.6 is 0 Å². The van der Waals surface area contributed by atoms with Gasteiger partial charge in [0.05, 0.1) is 0 Å². The van der Waals surface area contributed by atoms with Crippen LogP contribution in [0.3, 0.4) is 0 Å². The highest BCUT2D eigenvalue weighted by molar-refractivity contribution is 5.69. The van der Waals surface area contributed by atoms with Gasteiger partial charge >= 0.3 is 5.97 Å². The molecule has 0 radical (unpaired) electrons. The zero-order valence-corrected chi connectivity index (χ0v) is 25.0. The van der Waals surface area contributed by atoms with Crippen LogP contribution in [-0.4, -0.2) is 12.1 Å². The molecular weight excluding hydrogens is 440 g/mol. The number of hydrogen-bond donors (Lipinski definition) is 0. The molecule has 0 aromatic heterocycles. The lowest BCUT2D eigenvalue weighted by molar-refractivity contribution is -0.251. The molecule has 36 heavy (non-hydrogen) atoms. The lowest BCUT2D eigenvalue weighted by Crippen LogP contribution is -2.66. The Bertz CT molecular complexity index is 901. The van der Waals surface area contributed by atoms with Crippen molar-refractivity contribution in [1.82, 2.24) is 0 Å². The quantitative estimate of drug-likeness (QED) is 0.287. The van der Waals surface area contributed by atoms with Crippen LogP contribution in [0.15, 0.2) is 12.2 Å². The van der Waals surface area contributed by atoms with Crippen LogP contribution in [0.2, 0.25) is 0 Å². The highest BCUT2D eigenvalue weighted by Gasteiger charge is 2.69. The minimum absolute atomic E-state index is 0.0136. The molecule has 5 aliphatic carbocycles. The first-order valence-electron chi connectivity index (χ1n) is 15.5. The lowest BCUT2D eigenvalue weighted by Gasteiger charge is -2.73. The van der Waals surface area contributed by atoms with Crippen LogP contribution in [0.5, 0.6) is 0 Å². The molecule has 0 heterocycles. The van der Waals surface area contributed by atoms with Gasteiger partial charge in [0.15, 0.2) is 0 Å². The maximum atomic E-state index is 12.7. The normalized spacial score (nSPS) is 49.9. The predicted molar refractivity (Wildman–Crippen MR) is 149 cm³/mol. The Morgan fingerprint density at radius 2 is 1.58 bits per heavy atom. The maximum Gasteiger partial charge on any atom is 0.306 e. The van der Waals surface area contributed by atoms with Gasteiger partial charge in [0.25, 0.3) is 0 Å². The summed E-state index contributed by atoms with van der Waals surface area (Å²) in [4.78, 5) is 12.7. The number of ether oxygens (including phenoxy) is 1. The van der Waals surface area contributed by atoms with Crippen LogP contribution in [0.4, 0.5) is 0 Å². The Kier molecular flexibility index (Phi) is 6.41. The fraction of sp³-hybridized carbons (Fsp3) is 0.912. The van der Waals surface area contributed by atoms with Crippen molar-refractivity contribution < 1.29 is 9.53 Å². The molecule has 2 nitrogen and oxygen atoms in total.